The zero-order chi connectivity index (χ0) is 11.7. The minimum absolute atomic E-state index is 0.483. The Kier molecular flexibility index (Phi) is 2.49. The molecular formula is C13H14N4. The topological polar surface area (TPSA) is 55.0 Å². The summed E-state index contributed by atoms with van der Waals surface area (Å²) in [5, 5.41) is 0. The summed E-state index contributed by atoms with van der Waals surface area (Å²) in [6.07, 6.45) is 4.64. The molecule has 86 valence electrons. The van der Waals surface area contributed by atoms with E-state index in [-0.39, 0.29) is 0 Å². The van der Waals surface area contributed by atoms with Crippen molar-refractivity contribution in [1.29, 1.82) is 0 Å². The molecule has 2 N–H and O–H groups in total. The van der Waals surface area contributed by atoms with Crippen LogP contribution in [0.4, 0.5) is 11.6 Å². The number of fused-ring (bicyclic) bond motifs is 1. The number of hydrogen-bond donors (Lipinski definition) is 1. The molecule has 1 aromatic heterocycles. The first-order valence-corrected chi connectivity index (χ1v) is 5.75. The Bertz CT molecular complexity index is 521. The summed E-state index contributed by atoms with van der Waals surface area (Å²) >= 11 is 0. The van der Waals surface area contributed by atoms with Gasteiger partial charge in [0.25, 0.3) is 0 Å². The molecule has 0 bridgehead atoms. The minimum Gasteiger partial charge on any atom is -0.326 e. The van der Waals surface area contributed by atoms with E-state index < -0.39 is 0 Å². The van der Waals surface area contributed by atoms with Crippen LogP contribution in [0.25, 0.3) is 0 Å². The second-order valence-electron chi connectivity index (χ2n) is 4.13. The SMILES string of the molecule is NCc1cnc(N2CCc3ccccc32)nc1. The summed E-state index contributed by atoms with van der Waals surface area (Å²) in [4.78, 5) is 10.9. The van der Waals surface area contributed by atoms with Gasteiger partial charge in [-0.25, -0.2) is 9.97 Å². The number of hydrogen-bond acceptors (Lipinski definition) is 4. The van der Waals surface area contributed by atoms with Gasteiger partial charge in [-0.2, -0.15) is 0 Å². The molecule has 3 rings (SSSR count). The highest BCUT2D eigenvalue weighted by Gasteiger charge is 2.21. The van der Waals surface area contributed by atoms with E-state index in [9.17, 15) is 0 Å². The van der Waals surface area contributed by atoms with Crippen molar-refractivity contribution in [3.05, 3.63) is 47.8 Å². The Hall–Kier alpha value is -1.94. The van der Waals surface area contributed by atoms with Crippen molar-refractivity contribution in [2.45, 2.75) is 13.0 Å². The van der Waals surface area contributed by atoms with Gasteiger partial charge in [0.1, 0.15) is 0 Å². The van der Waals surface area contributed by atoms with E-state index in [0.29, 0.717) is 6.54 Å². The van der Waals surface area contributed by atoms with Crippen molar-refractivity contribution in [2.24, 2.45) is 5.73 Å². The first kappa shape index (κ1) is 10.2. The summed E-state index contributed by atoms with van der Waals surface area (Å²) < 4.78 is 0. The van der Waals surface area contributed by atoms with E-state index in [4.69, 9.17) is 5.73 Å². The van der Waals surface area contributed by atoms with Crippen molar-refractivity contribution in [1.82, 2.24) is 9.97 Å². The van der Waals surface area contributed by atoms with Crippen LogP contribution in [0, 0.1) is 0 Å². The van der Waals surface area contributed by atoms with Crippen LogP contribution in [0.2, 0.25) is 0 Å². The second kappa shape index (κ2) is 4.14. The molecule has 17 heavy (non-hydrogen) atoms. The van der Waals surface area contributed by atoms with Crippen molar-refractivity contribution < 1.29 is 0 Å². The zero-order valence-corrected chi connectivity index (χ0v) is 9.50. The minimum atomic E-state index is 0.483. The number of para-hydroxylation sites is 1. The van der Waals surface area contributed by atoms with Gasteiger partial charge in [-0.15, -0.1) is 0 Å². The van der Waals surface area contributed by atoms with Crippen molar-refractivity contribution >= 4 is 11.6 Å². The molecule has 0 fully saturated rings. The number of nitrogens with zero attached hydrogens (tertiary/aromatic N) is 3. The van der Waals surface area contributed by atoms with Gasteiger partial charge in [0.05, 0.1) is 0 Å². The molecule has 0 saturated heterocycles. The summed E-state index contributed by atoms with van der Waals surface area (Å²) in [5.74, 6) is 0.757. The molecule has 0 radical (unpaired) electrons. The summed E-state index contributed by atoms with van der Waals surface area (Å²) in [7, 11) is 0. The lowest BCUT2D eigenvalue weighted by Gasteiger charge is -2.16. The number of rotatable bonds is 2. The maximum atomic E-state index is 5.54. The second-order valence-corrected chi connectivity index (χ2v) is 4.13. The fraction of sp³-hybridized carbons (Fsp3) is 0.231. The lowest BCUT2D eigenvalue weighted by atomic mass is 10.2. The molecule has 4 nitrogen and oxygen atoms in total. The van der Waals surface area contributed by atoms with Gasteiger partial charge >= 0.3 is 0 Å². The highest BCUT2D eigenvalue weighted by molar-refractivity contribution is 5.65. The van der Waals surface area contributed by atoms with Crippen LogP contribution in [-0.2, 0) is 13.0 Å². The number of nitrogens with two attached hydrogens (primary N) is 1. The van der Waals surface area contributed by atoms with Crippen LogP contribution in [0.1, 0.15) is 11.1 Å². The van der Waals surface area contributed by atoms with Crippen LogP contribution in [-0.4, -0.2) is 16.5 Å². The van der Waals surface area contributed by atoms with Crippen LogP contribution >= 0.6 is 0 Å². The van der Waals surface area contributed by atoms with Gasteiger partial charge in [-0.1, -0.05) is 18.2 Å². The molecule has 0 amide bonds. The third kappa shape index (κ3) is 1.76. The predicted octanol–water partition coefficient (Wildman–Crippen LogP) is 1.63. The Balaban J connectivity index is 1.95. The Morgan fingerprint density at radius 1 is 1.18 bits per heavy atom. The van der Waals surface area contributed by atoms with Crippen LogP contribution < -0.4 is 10.6 Å². The monoisotopic (exact) mass is 226 g/mol. The van der Waals surface area contributed by atoms with E-state index in [1.807, 2.05) is 6.07 Å². The van der Waals surface area contributed by atoms with Gasteiger partial charge in [-0.05, 0) is 18.1 Å². The third-order valence-corrected chi connectivity index (χ3v) is 3.06. The normalized spacial score (nSPS) is 13.8. The maximum Gasteiger partial charge on any atom is 0.229 e. The van der Waals surface area contributed by atoms with Gasteiger partial charge in [0, 0.05) is 36.7 Å². The lowest BCUT2D eigenvalue weighted by Crippen LogP contribution is -2.16. The molecule has 0 spiro atoms. The third-order valence-electron chi connectivity index (χ3n) is 3.06. The highest BCUT2D eigenvalue weighted by atomic mass is 15.3. The first-order valence-electron chi connectivity index (χ1n) is 5.75. The van der Waals surface area contributed by atoms with Gasteiger partial charge in [0.2, 0.25) is 5.95 Å². The fourth-order valence-corrected chi connectivity index (χ4v) is 2.14. The molecule has 2 aromatic rings. The standard InChI is InChI=1S/C13H14N4/c14-7-10-8-15-13(16-9-10)17-6-5-11-3-1-2-4-12(11)17/h1-4,8-9H,5-7,14H2. The van der Waals surface area contributed by atoms with Crippen molar-refractivity contribution in [3.63, 3.8) is 0 Å². The summed E-state index contributed by atoms with van der Waals surface area (Å²) in [6.45, 7) is 1.43. The molecule has 0 saturated carbocycles. The molecule has 0 aliphatic carbocycles. The Morgan fingerprint density at radius 2 is 1.94 bits per heavy atom. The molecule has 1 aromatic carbocycles. The highest BCUT2D eigenvalue weighted by Crippen LogP contribution is 2.31. The molecule has 1 aliphatic rings. The van der Waals surface area contributed by atoms with Gasteiger partial charge in [0.15, 0.2) is 0 Å². The number of aromatic nitrogens is 2. The largest absolute Gasteiger partial charge is 0.326 e. The van der Waals surface area contributed by atoms with E-state index in [1.54, 1.807) is 12.4 Å². The van der Waals surface area contributed by atoms with Crippen molar-refractivity contribution in [2.75, 3.05) is 11.4 Å². The quantitative estimate of drug-likeness (QED) is 0.845. The average Bonchev–Trinajstić information content (AvgIpc) is 2.83. The Labute approximate surface area is 100 Å². The van der Waals surface area contributed by atoms with Crippen molar-refractivity contribution in [3.8, 4) is 0 Å². The Morgan fingerprint density at radius 3 is 2.71 bits per heavy atom. The average molecular weight is 226 g/mol. The maximum absolute atomic E-state index is 5.54. The lowest BCUT2D eigenvalue weighted by molar-refractivity contribution is 0.921. The van der Waals surface area contributed by atoms with E-state index in [0.717, 1.165) is 24.5 Å². The molecular weight excluding hydrogens is 212 g/mol. The molecule has 2 heterocycles. The summed E-state index contributed by atoms with van der Waals surface area (Å²) in [5.41, 5.74) is 9.07. The van der Waals surface area contributed by atoms with E-state index in [1.165, 1.54) is 11.3 Å². The predicted molar refractivity (Wildman–Crippen MR) is 67.1 cm³/mol. The zero-order valence-electron chi connectivity index (χ0n) is 9.50. The smallest absolute Gasteiger partial charge is 0.229 e. The molecule has 1 aliphatic heterocycles. The summed E-state index contributed by atoms with van der Waals surface area (Å²) in [6, 6.07) is 8.39. The first-order chi connectivity index (χ1) is 8.38. The van der Waals surface area contributed by atoms with Crippen LogP contribution in [0.15, 0.2) is 36.7 Å². The molecule has 0 unspecified atom stereocenters. The van der Waals surface area contributed by atoms with E-state index in [2.05, 4.69) is 33.1 Å². The number of benzene rings is 1. The van der Waals surface area contributed by atoms with Gasteiger partial charge < -0.3 is 10.6 Å². The van der Waals surface area contributed by atoms with Gasteiger partial charge in [-0.3, -0.25) is 0 Å². The fourth-order valence-electron chi connectivity index (χ4n) is 2.14. The number of anilines is 2. The molecule has 4 heteroatoms. The van der Waals surface area contributed by atoms with E-state index >= 15 is 0 Å². The molecule has 0 atom stereocenters. The van der Waals surface area contributed by atoms with Crippen LogP contribution in [0.5, 0.6) is 0 Å². The van der Waals surface area contributed by atoms with Crippen LogP contribution in [0.3, 0.4) is 0 Å².